The van der Waals surface area contributed by atoms with E-state index in [1.165, 1.54) is 6.42 Å². The van der Waals surface area contributed by atoms with Gasteiger partial charge in [-0.05, 0) is 25.7 Å². The van der Waals surface area contributed by atoms with Crippen LogP contribution in [0, 0.1) is 5.92 Å². The number of nitrogens with one attached hydrogen (secondary N) is 2. The maximum absolute atomic E-state index is 11.4. The van der Waals surface area contributed by atoms with Crippen LogP contribution in [0.2, 0.25) is 0 Å². The first kappa shape index (κ1) is 13.8. The summed E-state index contributed by atoms with van der Waals surface area (Å²) < 4.78 is 0. The van der Waals surface area contributed by atoms with Gasteiger partial charge in [-0.25, -0.2) is 9.59 Å². The molecule has 0 aliphatic heterocycles. The van der Waals surface area contributed by atoms with Gasteiger partial charge in [-0.2, -0.15) is 0 Å². The summed E-state index contributed by atoms with van der Waals surface area (Å²) in [6.07, 6.45) is 2.13. The molecule has 0 aromatic heterocycles. The van der Waals surface area contributed by atoms with Gasteiger partial charge in [0.1, 0.15) is 0 Å². The minimum absolute atomic E-state index is 0.0144. The normalized spacial score (nSPS) is 18.9. The van der Waals surface area contributed by atoms with E-state index in [9.17, 15) is 9.59 Å². The van der Waals surface area contributed by atoms with Gasteiger partial charge in [0, 0.05) is 19.0 Å². The van der Waals surface area contributed by atoms with Gasteiger partial charge in [-0.1, -0.05) is 6.42 Å². The van der Waals surface area contributed by atoms with Crippen molar-refractivity contribution in [3.05, 3.63) is 0 Å². The fourth-order valence-corrected chi connectivity index (χ4v) is 1.76. The van der Waals surface area contributed by atoms with Crippen LogP contribution in [0.1, 0.15) is 32.6 Å². The van der Waals surface area contributed by atoms with Crippen LogP contribution in [-0.4, -0.2) is 40.9 Å². The first-order valence-corrected chi connectivity index (χ1v) is 5.96. The molecule has 1 saturated carbocycles. The average molecular weight is 244 g/mol. The molecule has 17 heavy (non-hydrogen) atoms. The molecule has 6 nitrogen and oxygen atoms in total. The fourth-order valence-electron chi connectivity index (χ4n) is 1.76. The third-order valence-electron chi connectivity index (χ3n) is 3.20. The second-order valence-electron chi connectivity index (χ2n) is 4.52. The molecule has 98 valence electrons. The smallest absolute Gasteiger partial charge is 0.332 e. The Hall–Kier alpha value is -1.30. The maximum atomic E-state index is 11.4. The number of aliphatic hydroxyl groups is 1. The van der Waals surface area contributed by atoms with Crippen molar-refractivity contribution in [2.75, 3.05) is 6.54 Å². The number of carbonyl (C=O) groups excluding carboxylic acids is 1. The number of hydrogen-bond donors (Lipinski definition) is 4. The van der Waals surface area contributed by atoms with Gasteiger partial charge in [0.2, 0.25) is 0 Å². The lowest BCUT2D eigenvalue weighted by molar-refractivity contribution is -0.146. The van der Waals surface area contributed by atoms with Gasteiger partial charge < -0.3 is 20.8 Å². The zero-order valence-electron chi connectivity index (χ0n) is 9.98. The predicted molar refractivity (Wildman–Crippen MR) is 61.6 cm³/mol. The number of aliphatic hydroxyl groups excluding tert-OH is 1. The van der Waals surface area contributed by atoms with Gasteiger partial charge in [0.25, 0.3) is 0 Å². The molecule has 0 aromatic rings. The van der Waals surface area contributed by atoms with Crippen molar-refractivity contribution in [2.45, 2.75) is 44.8 Å². The van der Waals surface area contributed by atoms with Crippen LogP contribution in [0.5, 0.6) is 0 Å². The third-order valence-corrected chi connectivity index (χ3v) is 3.20. The Bertz CT molecular complexity index is 279. The number of aliphatic carboxylic acids is 1. The number of urea groups is 1. The van der Waals surface area contributed by atoms with Crippen LogP contribution < -0.4 is 10.6 Å². The summed E-state index contributed by atoms with van der Waals surface area (Å²) in [7, 11) is 0. The Kier molecular flexibility index (Phi) is 5.21. The number of carboxylic acid groups (broad SMARTS) is 1. The van der Waals surface area contributed by atoms with Crippen molar-refractivity contribution in [3.8, 4) is 0 Å². The van der Waals surface area contributed by atoms with Crippen molar-refractivity contribution < 1.29 is 19.8 Å². The summed E-state index contributed by atoms with van der Waals surface area (Å²) in [5.41, 5.74) is 0. The lowest BCUT2D eigenvalue weighted by Crippen LogP contribution is -2.46. The lowest BCUT2D eigenvalue weighted by Gasteiger charge is -2.31. The van der Waals surface area contributed by atoms with Gasteiger partial charge in [-0.3, -0.25) is 0 Å². The Morgan fingerprint density at radius 2 is 2.06 bits per heavy atom. The largest absolute Gasteiger partial charge is 0.479 e. The van der Waals surface area contributed by atoms with E-state index in [1.807, 2.05) is 6.92 Å². The molecule has 2 unspecified atom stereocenters. The first-order chi connectivity index (χ1) is 8.00. The molecule has 4 N–H and O–H groups in total. The number of carboxylic acids is 1. The Morgan fingerprint density at radius 1 is 1.41 bits per heavy atom. The summed E-state index contributed by atoms with van der Waals surface area (Å²) in [6.45, 7) is 2.12. The second-order valence-corrected chi connectivity index (χ2v) is 4.52. The molecule has 1 rings (SSSR count). The first-order valence-electron chi connectivity index (χ1n) is 5.96. The average Bonchev–Trinajstić information content (AvgIpc) is 2.13. The van der Waals surface area contributed by atoms with Crippen molar-refractivity contribution in [2.24, 2.45) is 5.92 Å². The molecule has 0 heterocycles. The molecule has 2 atom stereocenters. The summed E-state index contributed by atoms with van der Waals surface area (Å²) in [5, 5.41) is 22.7. The molecular weight excluding hydrogens is 224 g/mol. The zero-order chi connectivity index (χ0) is 12.8. The molecule has 2 amide bonds. The Balaban J connectivity index is 2.10. The van der Waals surface area contributed by atoms with Crippen molar-refractivity contribution in [1.29, 1.82) is 0 Å². The van der Waals surface area contributed by atoms with E-state index < -0.39 is 12.1 Å². The standard InChI is InChI=1S/C11H20N2O4/c1-7(8-3-2-4-8)13-11(17)12-6-5-9(14)10(15)16/h7-9,14H,2-6H2,1H3,(H,15,16)(H2,12,13,17). The lowest BCUT2D eigenvalue weighted by atomic mass is 9.80. The molecule has 1 fully saturated rings. The maximum Gasteiger partial charge on any atom is 0.332 e. The highest BCUT2D eigenvalue weighted by Gasteiger charge is 2.24. The molecule has 1 aliphatic carbocycles. The van der Waals surface area contributed by atoms with Crippen LogP contribution >= 0.6 is 0 Å². The van der Waals surface area contributed by atoms with Gasteiger partial charge in [-0.15, -0.1) is 0 Å². The number of hydrogen-bond acceptors (Lipinski definition) is 3. The highest BCUT2D eigenvalue weighted by molar-refractivity contribution is 5.74. The van der Waals surface area contributed by atoms with E-state index in [-0.39, 0.29) is 25.0 Å². The molecular formula is C11H20N2O4. The Labute approximate surface area is 100 Å². The van der Waals surface area contributed by atoms with Gasteiger partial charge in [0.05, 0.1) is 0 Å². The van der Waals surface area contributed by atoms with Crippen LogP contribution in [-0.2, 0) is 4.79 Å². The van der Waals surface area contributed by atoms with Gasteiger partial charge in [0.15, 0.2) is 6.10 Å². The van der Waals surface area contributed by atoms with Crippen LogP contribution in [0.25, 0.3) is 0 Å². The number of carbonyl (C=O) groups is 2. The topological polar surface area (TPSA) is 98.7 Å². The molecule has 0 radical (unpaired) electrons. The van der Waals surface area contributed by atoms with Gasteiger partial charge >= 0.3 is 12.0 Å². The van der Waals surface area contributed by atoms with E-state index in [2.05, 4.69) is 10.6 Å². The molecule has 6 heteroatoms. The van der Waals surface area contributed by atoms with E-state index in [0.29, 0.717) is 5.92 Å². The summed E-state index contributed by atoms with van der Waals surface area (Å²) in [4.78, 5) is 21.7. The highest BCUT2D eigenvalue weighted by Crippen LogP contribution is 2.29. The molecule has 0 aromatic carbocycles. The quantitative estimate of drug-likeness (QED) is 0.540. The predicted octanol–water partition coefficient (Wildman–Crippen LogP) is 0.310. The molecule has 1 aliphatic rings. The van der Waals surface area contributed by atoms with Crippen molar-refractivity contribution >= 4 is 12.0 Å². The van der Waals surface area contributed by atoms with E-state index >= 15 is 0 Å². The Morgan fingerprint density at radius 3 is 2.53 bits per heavy atom. The van der Waals surface area contributed by atoms with Crippen molar-refractivity contribution in [3.63, 3.8) is 0 Å². The van der Waals surface area contributed by atoms with E-state index in [0.717, 1.165) is 12.8 Å². The monoisotopic (exact) mass is 244 g/mol. The minimum Gasteiger partial charge on any atom is -0.479 e. The van der Waals surface area contributed by atoms with Crippen LogP contribution in [0.15, 0.2) is 0 Å². The summed E-state index contributed by atoms with van der Waals surface area (Å²) >= 11 is 0. The second kappa shape index (κ2) is 6.44. The summed E-state index contributed by atoms with van der Waals surface area (Å²) in [5.74, 6) is -0.708. The fraction of sp³-hybridized carbons (Fsp3) is 0.818. The highest BCUT2D eigenvalue weighted by atomic mass is 16.4. The molecule has 0 bridgehead atoms. The third kappa shape index (κ3) is 4.60. The number of rotatable bonds is 6. The van der Waals surface area contributed by atoms with Crippen LogP contribution in [0.3, 0.4) is 0 Å². The zero-order valence-corrected chi connectivity index (χ0v) is 9.98. The van der Waals surface area contributed by atoms with Crippen molar-refractivity contribution in [1.82, 2.24) is 10.6 Å². The van der Waals surface area contributed by atoms with Crippen LogP contribution in [0.4, 0.5) is 4.79 Å². The van der Waals surface area contributed by atoms with E-state index in [4.69, 9.17) is 10.2 Å². The SMILES string of the molecule is CC(NC(=O)NCCC(O)C(=O)O)C1CCC1. The molecule has 0 spiro atoms. The van der Waals surface area contributed by atoms with E-state index in [1.54, 1.807) is 0 Å². The minimum atomic E-state index is -1.42. The summed E-state index contributed by atoms with van der Waals surface area (Å²) in [6, 6.07) is -0.157. The molecule has 0 saturated heterocycles. The number of amides is 2.